The number of likely N-dealkylation sites (tertiary alicyclic amines) is 1. The Bertz CT molecular complexity index is 857. The highest BCUT2D eigenvalue weighted by Gasteiger charge is 2.29. The normalized spacial score (nSPS) is 17.1. The molecule has 0 bridgehead atoms. The molecule has 0 unspecified atom stereocenters. The molecule has 0 N–H and O–H groups in total. The summed E-state index contributed by atoms with van der Waals surface area (Å²) in [6, 6.07) is 9.01. The summed E-state index contributed by atoms with van der Waals surface area (Å²) in [5.74, 6) is 1.01. The van der Waals surface area contributed by atoms with Crippen molar-refractivity contribution in [2.75, 3.05) is 19.7 Å². The van der Waals surface area contributed by atoms with Gasteiger partial charge in [0.1, 0.15) is 11.5 Å². The molecular formula is C20H20ClNO4S. The van der Waals surface area contributed by atoms with Crippen molar-refractivity contribution in [3.05, 3.63) is 45.1 Å². The molecule has 142 valence electrons. The zero-order valence-electron chi connectivity index (χ0n) is 14.8. The Balaban J connectivity index is 1.33. The summed E-state index contributed by atoms with van der Waals surface area (Å²) in [4.78, 5) is 27.4. The molecular weight excluding hydrogens is 386 g/mol. The summed E-state index contributed by atoms with van der Waals surface area (Å²) in [5, 5.41) is 0. The van der Waals surface area contributed by atoms with Crippen LogP contribution in [0.15, 0.2) is 30.3 Å². The van der Waals surface area contributed by atoms with E-state index in [1.54, 1.807) is 23.1 Å². The van der Waals surface area contributed by atoms with Gasteiger partial charge in [-0.15, -0.1) is 11.3 Å². The van der Waals surface area contributed by atoms with Crippen molar-refractivity contribution < 1.29 is 19.1 Å². The van der Waals surface area contributed by atoms with Gasteiger partial charge >= 0.3 is 5.97 Å². The zero-order valence-corrected chi connectivity index (χ0v) is 16.4. The van der Waals surface area contributed by atoms with E-state index in [1.807, 2.05) is 12.1 Å². The van der Waals surface area contributed by atoms with Crippen LogP contribution < -0.4 is 9.47 Å². The monoisotopic (exact) mass is 405 g/mol. The lowest BCUT2D eigenvalue weighted by Gasteiger charge is -2.30. The number of carbonyl (C=O) groups is 2. The van der Waals surface area contributed by atoms with Gasteiger partial charge in [-0.3, -0.25) is 9.59 Å². The number of aryl methyl sites for hydroxylation is 1. The van der Waals surface area contributed by atoms with Crippen molar-refractivity contribution >= 4 is 34.8 Å². The fraction of sp³-hybridized carbons (Fsp3) is 0.400. The van der Waals surface area contributed by atoms with Crippen LogP contribution in [0.25, 0.3) is 0 Å². The van der Waals surface area contributed by atoms with Gasteiger partial charge in [0.25, 0.3) is 5.91 Å². The van der Waals surface area contributed by atoms with E-state index in [4.69, 9.17) is 21.1 Å². The molecule has 0 aliphatic carbocycles. The molecule has 2 aromatic rings. The number of piperidine rings is 1. The molecule has 1 aromatic heterocycles. The SMILES string of the molecule is O=C(Oc1ccc2c(c1)CCCO2)C1CCN(C(=O)c2ccc(Cl)s2)CC1. The van der Waals surface area contributed by atoms with Crippen LogP contribution in [0.1, 0.15) is 34.5 Å². The van der Waals surface area contributed by atoms with E-state index in [9.17, 15) is 9.59 Å². The van der Waals surface area contributed by atoms with Crippen LogP contribution in [-0.4, -0.2) is 36.5 Å². The molecule has 1 amide bonds. The molecule has 0 spiro atoms. The molecule has 2 aliphatic rings. The van der Waals surface area contributed by atoms with Crippen LogP contribution in [0.2, 0.25) is 4.34 Å². The highest BCUT2D eigenvalue weighted by molar-refractivity contribution is 7.17. The maximum atomic E-state index is 12.5. The van der Waals surface area contributed by atoms with E-state index in [2.05, 4.69) is 0 Å². The topological polar surface area (TPSA) is 55.8 Å². The van der Waals surface area contributed by atoms with Crippen LogP contribution in [-0.2, 0) is 11.2 Å². The number of esters is 1. The standard InChI is InChI=1S/C20H20ClNO4S/c21-18-6-5-17(27-18)19(23)22-9-7-13(8-10-22)20(24)26-15-3-4-16-14(12-15)2-1-11-25-16/h3-6,12-13H,1-2,7-11H2. The molecule has 3 heterocycles. The smallest absolute Gasteiger partial charge is 0.314 e. The summed E-state index contributed by atoms with van der Waals surface area (Å²) in [7, 11) is 0. The van der Waals surface area contributed by atoms with Gasteiger partial charge in [0.2, 0.25) is 0 Å². The first kappa shape index (κ1) is 18.3. The lowest BCUT2D eigenvalue weighted by Crippen LogP contribution is -2.40. The lowest BCUT2D eigenvalue weighted by molar-refractivity contribution is -0.140. The molecule has 1 aromatic carbocycles. The average molecular weight is 406 g/mol. The number of thiophene rings is 1. The van der Waals surface area contributed by atoms with Crippen molar-refractivity contribution in [3.8, 4) is 11.5 Å². The highest BCUT2D eigenvalue weighted by atomic mass is 35.5. The second-order valence-corrected chi connectivity index (χ2v) is 8.53. The first-order valence-electron chi connectivity index (χ1n) is 9.12. The second kappa shape index (κ2) is 7.90. The van der Waals surface area contributed by atoms with Crippen molar-refractivity contribution in [1.82, 2.24) is 4.90 Å². The Hall–Kier alpha value is -2.05. The predicted molar refractivity (Wildman–Crippen MR) is 104 cm³/mol. The molecule has 0 saturated carbocycles. The number of hydrogen-bond acceptors (Lipinski definition) is 5. The number of carbonyl (C=O) groups excluding carboxylic acids is 2. The van der Waals surface area contributed by atoms with Gasteiger partial charge in [0, 0.05) is 13.1 Å². The van der Waals surface area contributed by atoms with E-state index in [0.29, 0.717) is 40.9 Å². The maximum absolute atomic E-state index is 12.5. The zero-order chi connectivity index (χ0) is 18.8. The van der Waals surface area contributed by atoms with Crippen LogP contribution >= 0.6 is 22.9 Å². The van der Waals surface area contributed by atoms with Gasteiger partial charge in [0.05, 0.1) is 21.7 Å². The number of rotatable bonds is 3. The molecule has 1 fully saturated rings. The third-order valence-electron chi connectivity index (χ3n) is 5.00. The number of hydrogen-bond donors (Lipinski definition) is 0. The van der Waals surface area contributed by atoms with Gasteiger partial charge in [-0.05, 0) is 61.6 Å². The molecule has 27 heavy (non-hydrogen) atoms. The summed E-state index contributed by atoms with van der Waals surface area (Å²) >= 11 is 7.19. The number of ether oxygens (including phenoxy) is 2. The molecule has 7 heteroatoms. The van der Waals surface area contributed by atoms with E-state index < -0.39 is 0 Å². The van der Waals surface area contributed by atoms with E-state index in [-0.39, 0.29) is 17.8 Å². The van der Waals surface area contributed by atoms with E-state index in [0.717, 1.165) is 30.8 Å². The molecule has 2 aliphatic heterocycles. The Labute approximate surface area is 166 Å². The Morgan fingerprint density at radius 2 is 2.00 bits per heavy atom. The fourth-order valence-corrected chi connectivity index (χ4v) is 4.51. The Morgan fingerprint density at radius 3 is 2.74 bits per heavy atom. The van der Waals surface area contributed by atoms with Gasteiger partial charge in [-0.1, -0.05) is 11.6 Å². The quantitative estimate of drug-likeness (QED) is 0.567. The fourth-order valence-electron chi connectivity index (χ4n) is 3.50. The third-order valence-corrected chi connectivity index (χ3v) is 6.22. The number of nitrogens with zero attached hydrogens (tertiary/aromatic N) is 1. The third kappa shape index (κ3) is 4.12. The first-order chi connectivity index (χ1) is 13.1. The average Bonchev–Trinajstić information content (AvgIpc) is 3.14. The molecule has 1 saturated heterocycles. The van der Waals surface area contributed by atoms with Crippen molar-refractivity contribution in [3.63, 3.8) is 0 Å². The molecule has 0 atom stereocenters. The minimum Gasteiger partial charge on any atom is -0.493 e. The number of halogens is 1. The molecule has 4 rings (SSSR count). The minimum atomic E-state index is -0.224. The number of benzene rings is 1. The predicted octanol–water partition coefficient (Wildman–Crippen LogP) is 4.18. The summed E-state index contributed by atoms with van der Waals surface area (Å²) in [6.45, 7) is 1.83. The highest BCUT2D eigenvalue weighted by Crippen LogP contribution is 2.30. The molecule has 5 nitrogen and oxygen atoms in total. The number of fused-ring (bicyclic) bond motifs is 1. The van der Waals surface area contributed by atoms with E-state index in [1.165, 1.54) is 11.3 Å². The van der Waals surface area contributed by atoms with Crippen LogP contribution in [0.5, 0.6) is 11.5 Å². The Morgan fingerprint density at radius 1 is 1.19 bits per heavy atom. The summed E-state index contributed by atoms with van der Waals surface area (Å²) in [5.41, 5.74) is 1.08. The van der Waals surface area contributed by atoms with Crippen molar-refractivity contribution in [1.29, 1.82) is 0 Å². The van der Waals surface area contributed by atoms with Gasteiger partial charge in [-0.25, -0.2) is 0 Å². The van der Waals surface area contributed by atoms with Crippen molar-refractivity contribution in [2.24, 2.45) is 5.92 Å². The maximum Gasteiger partial charge on any atom is 0.314 e. The van der Waals surface area contributed by atoms with Gasteiger partial charge < -0.3 is 14.4 Å². The van der Waals surface area contributed by atoms with Crippen LogP contribution in [0.3, 0.4) is 0 Å². The largest absolute Gasteiger partial charge is 0.493 e. The second-order valence-electron chi connectivity index (χ2n) is 6.81. The summed E-state index contributed by atoms with van der Waals surface area (Å²) < 4.78 is 11.8. The first-order valence-corrected chi connectivity index (χ1v) is 10.3. The van der Waals surface area contributed by atoms with Crippen molar-refractivity contribution in [2.45, 2.75) is 25.7 Å². The van der Waals surface area contributed by atoms with Crippen LogP contribution in [0.4, 0.5) is 0 Å². The summed E-state index contributed by atoms with van der Waals surface area (Å²) in [6.07, 6.45) is 3.13. The van der Waals surface area contributed by atoms with Crippen LogP contribution in [0, 0.1) is 5.92 Å². The van der Waals surface area contributed by atoms with E-state index >= 15 is 0 Å². The minimum absolute atomic E-state index is 0.0200. The molecule has 0 radical (unpaired) electrons. The van der Waals surface area contributed by atoms with Gasteiger partial charge in [-0.2, -0.15) is 0 Å². The Kier molecular flexibility index (Phi) is 5.36. The lowest BCUT2D eigenvalue weighted by atomic mass is 9.97. The van der Waals surface area contributed by atoms with Gasteiger partial charge in [0.15, 0.2) is 0 Å². The number of amides is 1.